The van der Waals surface area contributed by atoms with E-state index in [0.717, 1.165) is 29.7 Å². The summed E-state index contributed by atoms with van der Waals surface area (Å²) in [5.74, 6) is 3.00. The minimum Gasteiger partial charge on any atom is -0.392 e. The highest BCUT2D eigenvalue weighted by molar-refractivity contribution is 6.00. The highest BCUT2D eigenvalue weighted by Crippen LogP contribution is 2.67. The van der Waals surface area contributed by atoms with Gasteiger partial charge in [-0.1, -0.05) is 53.5 Å². The van der Waals surface area contributed by atoms with Crippen molar-refractivity contribution in [2.24, 2.45) is 29.1 Å². The van der Waals surface area contributed by atoms with Crippen LogP contribution < -0.4 is 0 Å². The normalized spacial score (nSPS) is 43.5. The van der Waals surface area contributed by atoms with Crippen molar-refractivity contribution in [1.29, 1.82) is 0 Å². The number of rotatable bonds is 6. The van der Waals surface area contributed by atoms with Crippen molar-refractivity contribution < 1.29 is 14.6 Å². The van der Waals surface area contributed by atoms with Crippen molar-refractivity contribution in [3.8, 4) is 0 Å². The number of carbonyl (C=O) groups excluding carboxylic acids is 1. The first-order chi connectivity index (χ1) is 14.2. The SMILES string of the molecule is C=C1C(=O)C[C@H](O)CC1=C[C@H]1O[C@@]12CCC[C@]1(C)[C@@H]([C@H](C)CCCC(C)C)CC[C@H]12. The van der Waals surface area contributed by atoms with E-state index in [9.17, 15) is 9.90 Å². The van der Waals surface area contributed by atoms with E-state index in [1.165, 1.54) is 44.9 Å². The van der Waals surface area contributed by atoms with Crippen LogP contribution in [0.5, 0.6) is 0 Å². The third-order valence-electron chi connectivity index (χ3n) is 9.13. The van der Waals surface area contributed by atoms with Crippen molar-refractivity contribution in [1.82, 2.24) is 0 Å². The quantitative estimate of drug-likeness (QED) is 0.428. The second-order valence-electron chi connectivity index (χ2n) is 11.5. The van der Waals surface area contributed by atoms with Crippen molar-refractivity contribution in [2.75, 3.05) is 0 Å². The highest BCUT2D eigenvalue weighted by atomic mass is 16.6. The van der Waals surface area contributed by atoms with Crippen LogP contribution in [0.25, 0.3) is 0 Å². The number of carbonyl (C=O) groups is 1. The average Bonchev–Trinajstić information content (AvgIpc) is 3.18. The van der Waals surface area contributed by atoms with Crippen LogP contribution in [-0.2, 0) is 9.53 Å². The third-order valence-corrected chi connectivity index (χ3v) is 9.13. The van der Waals surface area contributed by atoms with Crippen molar-refractivity contribution in [3.05, 3.63) is 23.8 Å². The molecule has 0 aromatic heterocycles. The van der Waals surface area contributed by atoms with Gasteiger partial charge in [0.2, 0.25) is 0 Å². The predicted octanol–water partition coefficient (Wildman–Crippen LogP) is 6.01. The number of aliphatic hydroxyl groups excluding tert-OH is 1. The lowest BCUT2D eigenvalue weighted by Gasteiger charge is -2.46. The van der Waals surface area contributed by atoms with Gasteiger partial charge in [-0.25, -0.2) is 0 Å². The molecule has 0 aromatic rings. The monoisotopic (exact) mass is 414 g/mol. The van der Waals surface area contributed by atoms with Crippen molar-refractivity contribution >= 4 is 5.78 Å². The van der Waals surface area contributed by atoms with Gasteiger partial charge < -0.3 is 9.84 Å². The molecule has 7 atom stereocenters. The number of hydrogen-bond donors (Lipinski definition) is 1. The second-order valence-corrected chi connectivity index (χ2v) is 11.5. The largest absolute Gasteiger partial charge is 0.392 e. The third kappa shape index (κ3) is 3.86. The molecule has 30 heavy (non-hydrogen) atoms. The fourth-order valence-electron chi connectivity index (χ4n) is 7.51. The lowest BCUT2D eigenvalue weighted by molar-refractivity contribution is -0.117. The van der Waals surface area contributed by atoms with Gasteiger partial charge in [0.05, 0.1) is 6.10 Å². The molecule has 1 heterocycles. The van der Waals surface area contributed by atoms with Gasteiger partial charge in [0.1, 0.15) is 11.7 Å². The van der Waals surface area contributed by atoms with E-state index in [1.54, 1.807) is 0 Å². The zero-order chi connectivity index (χ0) is 21.7. The topological polar surface area (TPSA) is 49.8 Å². The van der Waals surface area contributed by atoms with Crippen LogP contribution in [-0.4, -0.2) is 28.7 Å². The molecule has 0 radical (unpaired) electrons. The molecule has 1 N–H and O–H groups in total. The minimum absolute atomic E-state index is 0.0145. The number of aliphatic hydroxyl groups is 1. The Morgan fingerprint density at radius 2 is 1.97 bits per heavy atom. The average molecular weight is 415 g/mol. The first-order valence-electron chi connectivity index (χ1n) is 12.5. The Morgan fingerprint density at radius 3 is 2.70 bits per heavy atom. The maximum absolute atomic E-state index is 12.1. The predicted molar refractivity (Wildman–Crippen MR) is 121 cm³/mol. The molecular formula is C27H42O3. The standard InChI is InChI=1S/C27H42O3/c1-17(2)8-6-9-18(3)22-10-11-24-26(22,5)12-7-13-27(24)25(30-27)15-20-14-21(28)16-23(29)19(20)4/h15,17-18,21-22,24-25,28H,4,6-14,16H2,1-3,5H3/t18-,21-,22-,24-,25-,26-,27-/m1/s1. The van der Waals surface area contributed by atoms with E-state index >= 15 is 0 Å². The maximum Gasteiger partial charge on any atom is 0.165 e. The number of epoxide rings is 1. The molecule has 168 valence electrons. The van der Waals surface area contributed by atoms with Crippen LogP contribution in [0.1, 0.15) is 91.9 Å². The summed E-state index contributed by atoms with van der Waals surface area (Å²) in [6.07, 6.45) is 12.8. The Labute approximate surface area is 183 Å². The number of ether oxygens (including phenoxy) is 1. The molecule has 4 rings (SSSR count). The van der Waals surface area contributed by atoms with Gasteiger partial charge in [0.25, 0.3) is 0 Å². The first kappa shape index (κ1) is 22.3. The summed E-state index contributed by atoms with van der Waals surface area (Å²) in [4.78, 5) is 12.1. The van der Waals surface area contributed by atoms with E-state index in [2.05, 4.69) is 40.3 Å². The van der Waals surface area contributed by atoms with Crippen LogP contribution in [0.15, 0.2) is 23.8 Å². The molecule has 3 aliphatic carbocycles. The summed E-state index contributed by atoms with van der Waals surface area (Å²) in [6, 6.07) is 0. The van der Waals surface area contributed by atoms with Crippen LogP contribution in [0.3, 0.4) is 0 Å². The van der Waals surface area contributed by atoms with Crippen LogP contribution in [0, 0.1) is 29.1 Å². The lowest BCUT2D eigenvalue weighted by Crippen LogP contribution is -2.44. The Kier molecular flexibility index (Phi) is 6.09. The summed E-state index contributed by atoms with van der Waals surface area (Å²) in [6.45, 7) is 13.7. The smallest absolute Gasteiger partial charge is 0.165 e. The van der Waals surface area contributed by atoms with E-state index in [0.29, 0.717) is 23.3 Å². The Hall–Kier alpha value is -0.930. The number of ketones is 1. The van der Waals surface area contributed by atoms with Gasteiger partial charge >= 0.3 is 0 Å². The zero-order valence-corrected chi connectivity index (χ0v) is 19.6. The number of Topliss-reactive ketones (excluding diaryl/α,β-unsaturated/α-hetero) is 1. The molecule has 4 aliphatic rings. The van der Waals surface area contributed by atoms with Crippen molar-refractivity contribution in [3.63, 3.8) is 0 Å². The summed E-state index contributed by atoms with van der Waals surface area (Å²) >= 11 is 0. The fraction of sp³-hybridized carbons (Fsp3) is 0.815. The first-order valence-corrected chi connectivity index (χ1v) is 12.5. The van der Waals surface area contributed by atoms with Gasteiger partial charge in [-0.15, -0.1) is 0 Å². The van der Waals surface area contributed by atoms with Gasteiger partial charge in [-0.3, -0.25) is 4.79 Å². The van der Waals surface area contributed by atoms with Crippen LogP contribution in [0.2, 0.25) is 0 Å². The molecule has 1 saturated heterocycles. The molecule has 1 aliphatic heterocycles. The molecule has 1 spiro atoms. The van der Waals surface area contributed by atoms with Crippen LogP contribution in [0.4, 0.5) is 0 Å². The molecule has 3 nitrogen and oxygen atoms in total. The Morgan fingerprint density at radius 1 is 1.20 bits per heavy atom. The van der Waals surface area contributed by atoms with Gasteiger partial charge in [0.15, 0.2) is 5.78 Å². The van der Waals surface area contributed by atoms with Crippen LogP contribution >= 0.6 is 0 Å². The lowest BCUT2D eigenvalue weighted by atomic mass is 9.58. The molecule has 0 amide bonds. The molecule has 0 unspecified atom stereocenters. The molecule has 4 fully saturated rings. The second kappa shape index (κ2) is 8.20. The highest BCUT2D eigenvalue weighted by Gasteiger charge is 2.68. The number of fused-ring (bicyclic) bond motifs is 2. The fourth-order valence-corrected chi connectivity index (χ4v) is 7.51. The summed E-state index contributed by atoms with van der Waals surface area (Å²) in [5, 5.41) is 10.1. The molecule has 3 saturated carbocycles. The minimum atomic E-state index is -0.567. The molecule has 0 bridgehead atoms. The van der Waals surface area contributed by atoms with Gasteiger partial charge in [-0.05, 0) is 79.3 Å². The van der Waals surface area contributed by atoms with E-state index in [4.69, 9.17) is 4.74 Å². The Balaban J connectivity index is 1.47. The molecule has 0 aromatic carbocycles. The molecule has 3 heteroatoms. The van der Waals surface area contributed by atoms with Gasteiger partial charge in [0, 0.05) is 12.0 Å². The maximum atomic E-state index is 12.1. The molecular weight excluding hydrogens is 372 g/mol. The summed E-state index contributed by atoms with van der Waals surface area (Å²) in [7, 11) is 0. The Bertz CT molecular complexity index is 722. The van der Waals surface area contributed by atoms with E-state index in [-0.39, 0.29) is 23.9 Å². The van der Waals surface area contributed by atoms with Gasteiger partial charge in [-0.2, -0.15) is 0 Å². The van der Waals surface area contributed by atoms with E-state index < -0.39 is 6.10 Å². The summed E-state index contributed by atoms with van der Waals surface area (Å²) in [5.41, 5.74) is 1.86. The zero-order valence-electron chi connectivity index (χ0n) is 19.6. The summed E-state index contributed by atoms with van der Waals surface area (Å²) < 4.78 is 6.48. The van der Waals surface area contributed by atoms with E-state index in [1.807, 2.05) is 0 Å². The van der Waals surface area contributed by atoms with Crippen molar-refractivity contribution in [2.45, 2.75) is 110 Å². The number of hydrogen-bond acceptors (Lipinski definition) is 3. The number of allylic oxidation sites excluding steroid dienone is 1.